The molecule has 3 heteroatoms. The smallest absolute Gasteiger partial charge is 0.128 e. The molecule has 0 aliphatic rings. The van der Waals surface area contributed by atoms with Crippen LogP contribution in [0.3, 0.4) is 0 Å². The van der Waals surface area contributed by atoms with Crippen molar-refractivity contribution in [3.63, 3.8) is 0 Å². The SMILES string of the molecule is CCC(CC)COc1cc(F)cc(C#CCCCl)c1. The maximum atomic E-state index is 13.5. The zero-order chi connectivity index (χ0) is 14.1. The fourth-order valence-electron chi connectivity index (χ4n) is 1.67. The van der Waals surface area contributed by atoms with Gasteiger partial charge < -0.3 is 4.74 Å². The average Bonchev–Trinajstić information content (AvgIpc) is 2.40. The van der Waals surface area contributed by atoms with E-state index in [1.165, 1.54) is 12.1 Å². The van der Waals surface area contributed by atoms with Gasteiger partial charge in [0, 0.05) is 23.9 Å². The van der Waals surface area contributed by atoms with E-state index in [-0.39, 0.29) is 5.82 Å². The van der Waals surface area contributed by atoms with Gasteiger partial charge >= 0.3 is 0 Å². The molecule has 0 atom stereocenters. The fraction of sp³-hybridized carbons (Fsp3) is 0.500. The molecule has 0 fully saturated rings. The Morgan fingerprint density at radius 2 is 2.00 bits per heavy atom. The van der Waals surface area contributed by atoms with Gasteiger partial charge in [-0.25, -0.2) is 4.39 Å². The predicted octanol–water partition coefficient (Wildman–Crippen LogP) is 4.62. The molecule has 1 aromatic carbocycles. The van der Waals surface area contributed by atoms with Gasteiger partial charge in [-0.3, -0.25) is 0 Å². The standard InChI is InChI=1S/C16H20ClFO/c1-3-13(4-2)12-19-16-10-14(7-5-6-8-17)9-15(18)11-16/h9-11,13H,3-4,6,8,12H2,1-2H3. The molecule has 0 saturated carbocycles. The molecule has 0 aliphatic carbocycles. The van der Waals surface area contributed by atoms with Crippen molar-refractivity contribution in [3.8, 4) is 17.6 Å². The van der Waals surface area contributed by atoms with Crippen molar-refractivity contribution >= 4 is 11.6 Å². The number of hydrogen-bond donors (Lipinski definition) is 0. The summed E-state index contributed by atoms with van der Waals surface area (Å²) in [5, 5.41) is 0. The Balaban J connectivity index is 2.71. The van der Waals surface area contributed by atoms with Gasteiger partial charge in [-0.15, -0.1) is 11.6 Å². The summed E-state index contributed by atoms with van der Waals surface area (Å²) in [7, 11) is 0. The third kappa shape index (κ3) is 5.98. The maximum Gasteiger partial charge on any atom is 0.128 e. The van der Waals surface area contributed by atoms with Gasteiger partial charge in [0.25, 0.3) is 0 Å². The van der Waals surface area contributed by atoms with Crippen LogP contribution >= 0.6 is 11.6 Å². The molecule has 0 aromatic heterocycles. The van der Waals surface area contributed by atoms with Crippen LogP contribution in [0.5, 0.6) is 5.75 Å². The number of hydrogen-bond acceptors (Lipinski definition) is 1. The highest BCUT2D eigenvalue weighted by Crippen LogP contribution is 2.18. The molecule has 1 rings (SSSR count). The summed E-state index contributed by atoms with van der Waals surface area (Å²) < 4.78 is 19.1. The van der Waals surface area contributed by atoms with Gasteiger partial charge in [-0.05, 0) is 18.1 Å². The molecule has 0 heterocycles. The summed E-state index contributed by atoms with van der Waals surface area (Å²) in [6.07, 6.45) is 2.73. The molecule has 104 valence electrons. The van der Waals surface area contributed by atoms with Gasteiger partial charge in [0.05, 0.1) is 6.61 Å². The van der Waals surface area contributed by atoms with E-state index in [0.717, 1.165) is 12.8 Å². The molecule has 0 unspecified atom stereocenters. The Kier molecular flexibility index (Phi) is 7.36. The maximum absolute atomic E-state index is 13.5. The summed E-state index contributed by atoms with van der Waals surface area (Å²) in [4.78, 5) is 0. The highest BCUT2D eigenvalue weighted by molar-refractivity contribution is 6.18. The van der Waals surface area contributed by atoms with Gasteiger partial charge in [0.2, 0.25) is 0 Å². The van der Waals surface area contributed by atoms with Gasteiger partial charge in [0.15, 0.2) is 0 Å². The minimum atomic E-state index is -0.322. The lowest BCUT2D eigenvalue weighted by Crippen LogP contribution is -2.10. The Morgan fingerprint density at radius 3 is 2.63 bits per heavy atom. The van der Waals surface area contributed by atoms with Gasteiger partial charge in [-0.2, -0.15) is 0 Å². The monoisotopic (exact) mass is 282 g/mol. The third-order valence-electron chi connectivity index (χ3n) is 2.96. The molecule has 0 amide bonds. The summed E-state index contributed by atoms with van der Waals surface area (Å²) >= 11 is 5.55. The van der Waals surface area contributed by atoms with E-state index in [4.69, 9.17) is 16.3 Å². The lowest BCUT2D eigenvalue weighted by Gasteiger charge is -2.13. The molecular weight excluding hydrogens is 263 g/mol. The van der Waals surface area contributed by atoms with E-state index in [2.05, 4.69) is 25.7 Å². The molecule has 19 heavy (non-hydrogen) atoms. The molecule has 1 aromatic rings. The van der Waals surface area contributed by atoms with E-state index in [1.807, 2.05) is 0 Å². The summed E-state index contributed by atoms with van der Waals surface area (Å²) in [5.74, 6) is 6.99. The Labute approximate surface area is 120 Å². The van der Waals surface area contributed by atoms with Crippen molar-refractivity contribution in [2.45, 2.75) is 33.1 Å². The molecule has 0 spiro atoms. The highest BCUT2D eigenvalue weighted by Gasteiger charge is 2.06. The summed E-state index contributed by atoms with van der Waals surface area (Å²) in [5.41, 5.74) is 0.629. The second-order valence-corrected chi connectivity index (χ2v) is 4.79. The highest BCUT2D eigenvalue weighted by atomic mass is 35.5. The Morgan fingerprint density at radius 1 is 1.26 bits per heavy atom. The first-order chi connectivity index (χ1) is 9.19. The van der Waals surface area contributed by atoms with Crippen molar-refractivity contribution in [1.29, 1.82) is 0 Å². The summed E-state index contributed by atoms with van der Waals surface area (Å²) in [6.45, 7) is 4.88. The van der Waals surface area contributed by atoms with Crippen LogP contribution < -0.4 is 4.74 Å². The molecule has 0 aliphatic heterocycles. The van der Waals surface area contributed by atoms with Gasteiger partial charge in [0.1, 0.15) is 11.6 Å². The predicted molar refractivity (Wildman–Crippen MR) is 78.2 cm³/mol. The van der Waals surface area contributed by atoms with Crippen LogP contribution in [0.1, 0.15) is 38.7 Å². The van der Waals surface area contributed by atoms with Gasteiger partial charge in [-0.1, -0.05) is 38.5 Å². The lowest BCUT2D eigenvalue weighted by molar-refractivity contribution is 0.239. The molecular formula is C16H20ClFO. The molecule has 0 radical (unpaired) electrons. The minimum Gasteiger partial charge on any atom is -0.493 e. The molecule has 1 nitrogen and oxygen atoms in total. The minimum absolute atomic E-state index is 0.322. The third-order valence-corrected chi connectivity index (χ3v) is 3.15. The number of rotatable bonds is 6. The second kappa shape index (κ2) is 8.82. The van der Waals surface area contributed by atoms with Crippen molar-refractivity contribution in [1.82, 2.24) is 0 Å². The quantitative estimate of drug-likeness (QED) is 0.546. The lowest BCUT2D eigenvalue weighted by atomic mass is 10.1. The van der Waals surface area contributed by atoms with Crippen molar-refractivity contribution in [2.24, 2.45) is 5.92 Å². The van der Waals surface area contributed by atoms with Crippen molar-refractivity contribution < 1.29 is 9.13 Å². The first kappa shape index (κ1) is 15.9. The normalized spacial score (nSPS) is 10.2. The fourth-order valence-corrected chi connectivity index (χ4v) is 1.76. The number of halogens is 2. The van der Waals surface area contributed by atoms with Crippen LogP contribution in [-0.4, -0.2) is 12.5 Å². The zero-order valence-corrected chi connectivity index (χ0v) is 12.3. The number of ether oxygens (including phenoxy) is 1. The van der Waals surface area contributed by atoms with E-state index in [9.17, 15) is 4.39 Å². The van der Waals surface area contributed by atoms with Crippen molar-refractivity contribution in [3.05, 3.63) is 29.6 Å². The van der Waals surface area contributed by atoms with Crippen LogP contribution in [-0.2, 0) is 0 Å². The van der Waals surface area contributed by atoms with Crippen LogP contribution in [0, 0.1) is 23.6 Å². The second-order valence-electron chi connectivity index (χ2n) is 4.41. The van der Waals surface area contributed by atoms with Crippen LogP contribution in [0.15, 0.2) is 18.2 Å². The van der Waals surface area contributed by atoms with E-state index >= 15 is 0 Å². The van der Waals surface area contributed by atoms with E-state index in [1.54, 1.807) is 6.07 Å². The molecule has 0 saturated heterocycles. The first-order valence-corrected chi connectivity index (χ1v) is 7.21. The van der Waals surface area contributed by atoms with E-state index < -0.39 is 0 Å². The largest absolute Gasteiger partial charge is 0.493 e. The molecule has 0 N–H and O–H groups in total. The first-order valence-electron chi connectivity index (χ1n) is 6.67. The van der Waals surface area contributed by atoms with Crippen LogP contribution in [0.2, 0.25) is 0 Å². The zero-order valence-electron chi connectivity index (χ0n) is 11.5. The van der Waals surface area contributed by atoms with E-state index in [0.29, 0.717) is 36.1 Å². The van der Waals surface area contributed by atoms with Crippen LogP contribution in [0.4, 0.5) is 4.39 Å². The summed E-state index contributed by atoms with van der Waals surface area (Å²) in [6, 6.07) is 4.58. The van der Waals surface area contributed by atoms with Crippen LogP contribution in [0.25, 0.3) is 0 Å². The number of benzene rings is 1. The Hall–Kier alpha value is -1.20. The molecule has 0 bridgehead atoms. The average molecular weight is 283 g/mol. The van der Waals surface area contributed by atoms with Crippen molar-refractivity contribution in [2.75, 3.05) is 12.5 Å². The topological polar surface area (TPSA) is 9.23 Å². The Bertz CT molecular complexity index is 444. The number of alkyl halides is 1.